The van der Waals surface area contributed by atoms with Gasteiger partial charge < -0.3 is 9.13 Å². The molecule has 74 heavy (non-hydrogen) atoms. The Balaban J connectivity index is 0.964. The van der Waals surface area contributed by atoms with Crippen molar-refractivity contribution in [1.82, 2.24) is 24.1 Å². The molecule has 0 fully saturated rings. The Morgan fingerprint density at radius 3 is 1.30 bits per heavy atom. The van der Waals surface area contributed by atoms with Crippen molar-refractivity contribution < 1.29 is 0 Å². The third kappa shape index (κ3) is 6.53. The maximum absolute atomic E-state index is 5.48. The number of hydrogen-bond acceptors (Lipinski definition) is 3. The SMILES string of the molecule is c1ccc(-c2cccc(-c3nc(-c4ccc5c6ccccc6c6ccccc6c5c4)nc(-c4ccccc4-n4c5ccccc5c5c(-c6cccc7c6c6ccccc6n7-c6ccccc6)cccc54)n3)c2)cc1. The van der Waals surface area contributed by atoms with Crippen molar-refractivity contribution in [2.75, 3.05) is 0 Å². The third-order valence-electron chi connectivity index (χ3n) is 15.0. The Labute approximate surface area is 426 Å². The van der Waals surface area contributed by atoms with Crippen molar-refractivity contribution in [3.8, 4) is 67.8 Å². The Kier molecular flexibility index (Phi) is 9.50. The molecule has 0 bridgehead atoms. The summed E-state index contributed by atoms with van der Waals surface area (Å²) < 4.78 is 4.80. The first-order chi connectivity index (χ1) is 36.7. The predicted octanol–water partition coefficient (Wildman–Crippen LogP) is 17.9. The van der Waals surface area contributed by atoms with Gasteiger partial charge in [-0.25, -0.2) is 15.0 Å². The normalized spacial score (nSPS) is 11.8. The van der Waals surface area contributed by atoms with Crippen molar-refractivity contribution in [3.05, 3.63) is 261 Å². The summed E-state index contributed by atoms with van der Waals surface area (Å²) >= 11 is 0. The highest BCUT2D eigenvalue weighted by Crippen LogP contribution is 2.45. The van der Waals surface area contributed by atoms with Crippen LogP contribution in [0, 0.1) is 0 Å². The Morgan fingerprint density at radius 1 is 0.230 bits per heavy atom. The molecule has 5 heteroatoms. The zero-order valence-corrected chi connectivity index (χ0v) is 40.1. The van der Waals surface area contributed by atoms with E-state index in [0.717, 1.165) is 55.6 Å². The molecule has 0 aliphatic heterocycles. The molecule has 344 valence electrons. The van der Waals surface area contributed by atoms with Crippen LogP contribution in [0.2, 0.25) is 0 Å². The second-order valence-corrected chi connectivity index (χ2v) is 19.1. The van der Waals surface area contributed by atoms with Crippen LogP contribution < -0.4 is 0 Å². The average molecular weight is 942 g/mol. The summed E-state index contributed by atoms with van der Waals surface area (Å²) in [5.41, 5.74) is 14.0. The Hall–Kier alpha value is -9.97. The number of aromatic nitrogens is 5. The first kappa shape index (κ1) is 41.8. The monoisotopic (exact) mass is 941 g/mol. The molecule has 0 radical (unpaired) electrons. The smallest absolute Gasteiger partial charge is 0.166 e. The molecule has 3 heterocycles. The van der Waals surface area contributed by atoms with Crippen molar-refractivity contribution in [1.29, 1.82) is 0 Å². The second-order valence-electron chi connectivity index (χ2n) is 19.1. The van der Waals surface area contributed by atoms with Gasteiger partial charge in [0.2, 0.25) is 0 Å². The van der Waals surface area contributed by atoms with Gasteiger partial charge in [-0.1, -0.05) is 200 Å². The van der Waals surface area contributed by atoms with E-state index in [1.165, 1.54) is 70.6 Å². The van der Waals surface area contributed by atoms with E-state index in [1.54, 1.807) is 0 Å². The van der Waals surface area contributed by atoms with Crippen LogP contribution in [0.1, 0.15) is 0 Å². The molecule has 0 spiro atoms. The van der Waals surface area contributed by atoms with Crippen LogP contribution in [0.5, 0.6) is 0 Å². The highest BCUT2D eigenvalue weighted by molar-refractivity contribution is 6.26. The maximum atomic E-state index is 5.48. The van der Waals surface area contributed by atoms with Crippen LogP contribution in [-0.4, -0.2) is 24.1 Å². The number of hydrogen-bond donors (Lipinski definition) is 0. The fraction of sp³-hybridized carbons (Fsp3) is 0. The van der Waals surface area contributed by atoms with E-state index >= 15 is 0 Å². The summed E-state index contributed by atoms with van der Waals surface area (Å²) in [4.78, 5) is 16.3. The lowest BCUT2D eigenvalue weighted by Crippen LogP contribution is -2.03. The minimum Gasteiger partial charge on any atom is -0.309 e. The number of nitrogens with zero attached hydrogens (tertiary/aromatic N) is 5. The van der Waals surface area contributed by atoms with Gasteiger partial charge in [-0.05, 0) is 115 Å². The van der Waals surface area contributed by atoms with Crippen LogP contribution in [0.25, 0.3) is 144 Å². The zero-order valence-electron chi connectivity index (χ0n) is 40.1. The summed E-state index contributed by atoms with van der Waals surface area (Å²) in [5, 5.41) is 12.0. The molecular formula is C69H43N5. The van der Waals surface area contributed by atoms with E-state index in [1.807, 2.05) is 0 Å². The maximum Gasteiger partial charge on any atom is 0.166 e. The van der Waals surface area contributed by atoms with Gasteiger partial charge in [-0.2, -0.15) is 0 Å². The molecule has 0 unspecified atom stereocenters. The Morgan fingerprint density at radius 2 is 0.649 bits per heavy atom. The van der Waals surface area contributed by atoms with E-state index in [2.05, 4.69) is 270 Å². The largest absolute Gasteiger partial charge is 0.309 e. The van der Waals surface area contributed by atoms with Crippen molar-refractivity contribution >= 4 is 75.9 Å². The lowest BCUT2D eigenvalue weighted by molar-refractivity contribution is 1.06. The fourth-order valence-corrected chi connectivity index (χ4v) is 11.7. The van der Waals surface area contributed by atoms with Gasteiger partial charge >= 0.3 is 0 Å². The van der Waals surface area contributed by atoms with Crippen LogP contribution in [0.15, 0.2) is 261 Å². The standard InChI is InChI=1S/C69H43N5/c1-3-20-44(21-4-1)45-22-17-23-46(42-45)67-70-68(47-40-41-53-51-28-8-7-26-49(51)50-27-9-10-29-52(50)59(53)43-47)72-69(71-67)58-32-13-16-37-62(58)74-61-36-15-12-31-57(61)66-55(34-19-39-64(66)74)54-33-18-38-63-65(54)56-30-11-14-35-60(56)73(63)48-24-5-2-6-25-48/h1-43H. The number of benzene rings is 12. The van der Waals surface area contributed by atoms with Gasteiger partial charge in [0.05, 0.1) is 27.8 Å². The molecule has 0 aliphatic carbocycles. The molecule has 0 saturated heterocycles. The van der Waals surface area contributed by atoms with E-state index in [9.17, 15) is 0 Å². The predicted molar refractivity (Wildman–Crippen MR) is 308 cm³/mol. The molecule has 0 amide bonds. The van der Waals surface area contributed by atoms with E-state index < -0.39 is 0 Å². The summed E-state index contributed by atoms with van der Waals surface area (Å²) in [6.07, 6.45) is 0. The first-order valence-electron chi connectivity index (χ1n) is 25.2. The van der Waals surface area contributed by atoms with E-state index in [4.69, 9.17) is 15.0 Å². The van der Waals surface area contributed by atoms with Gasteiger partial charge in [0.15, 0.2) is 17.5 Å². The van der Waals surface area contributed by atoms with Gasteiger partial charge in [0.25, 0.3) is 0 Å². The molecule has 0 aliphatic rings. The molecule has 0 atom stereocenters. The van der Waals surface area contributed by atoms with Crippen molar-refractivity contribution in [2.45, 2.75) is 0 Å². The molecular weight excluding hydrogens is 899 g/mol. The molecule has 15 aromatic rings. The lowest BCUT2D eigenvalue weighted by atomic mass is 9.93. The topological polar surface area (TPSA) is 48.5 Å². The molecule has 3 aromatic heterocycles. The minimum absolute atomic E-state index is 0.592. The third-order valence-corrected chi connectivity index (χ3v) is 15.0. The van der Waals surface area contributed by atoms with Gasteiger partial charge in [-0.15, -0.1) is 0 Å². The molecule has 12 aromatic carbocycles. The minimum atomic E-state index is 0.592. The average Bonchev–Trinajstić information content (AvgIpc) is 4.02. The molecule has 5 nitrogen and oxygen atoms in total. The van der Waals surface area contributed by atoms with Crippen LogP contribution in [0.4, 0.5) is 0 Å². The quantitative estimate of drug-likeness (QED) is 0.150. The highest BCUT2D eigenvalue weighted by Gasteiger charge is 2.23. The summed E-state index contributed by atoms with van der Waals surface area (Å²) in [6.45, 7) is 0. The van der Waals surface area contributed by atoms with Crippen molar-refractivity contribution in [3.63, 3.8) is 0 Å². The van der Waals surface area contributed by atoms with Gasteiger partial charge in [-0.3, -0.25) is 0 Å². The number of fused-ring (bicyclic) bond motifs is 12. The van der Waals surface area contributed by atoms with Gasteiger partial charge in [0.1, 0.15) is 0 Å². The van der Waals surface area contributed by atoms with Crippen LogP contribution in [-0.2, 0) is 0 Å². The summed E-state index contributed by atoms with van der Waals surface area (Å²) in [7, 11) is 0. The first-order valence-corrected chi connectivity index (χ1v) is 25.2. The van der Waals surface area contributed by atoms with E-state index in [-0.39, 0.29) is 0 Å². The molecule has 0 saturated carbocycles. The number of para-hydroxylation sites is 4. The van der Waals surface area contributed by atoms with Crippen LogP contribution >= 0.6 is 0 Å². The number of rotatable bonds is 7. The highest BCUT2D eigenvalue weighted by atomic mass is 15.1. The zero-order chi connectivity index (χ0) is 48.7. The van der Waals surface area contributed by atoms with Gasteiger partial charge in [0, 0.05) is 43.9 Å². The fourth-order valence-electron chi connectivity index (χ4n) is 11.7. The van der Waals surface area contributed by atoms with E-state index in [0.29, 0.717) is 17.5 Å². The second kappa shape index (κ2) is 16.8. The van der Waals surface area contributed by atoms with Crippen LogP contribution in [0.3, 0.4) is 0 Å². The summed E-state index contributed by atoms with van der Waals surface area (Å²) in [5.74, 6) is 1.81. The molecule has 15 rings (SSSR count). The molecule has 0 N–H and O–H groups in total. The van der Waals surface area contributed by atoms with Crippen molar-refractivity contribution in [2.24, 2.45) is 0 Å². The summed E-state index contributed by atoms with van der Waals surface area (Å²) in [6, 6.07) is 93.4. The Bertz CT molecular complexity index is 4690. The lowest BCUT2D eigenvalue weighted by Gasteiger charge is -2.15.